The smallest absolute Gasteiger partial charge is 0.193 e. The van der Waals surface area contributed by atoms with Crippen molar-refractivity contribution in [2.24, 2.45) is 12.0 Å². The minimum atomic E-state index is 0.775. The molecule has 1 aliphatic heterocycles. The molecular weight excluding hydrogens is 336 g/mol. The second-order valence-electron chi connectivity index (χ2n) is 6.94. The van der Waals surface area contributed by atoms with Crippen LogP contribution < -0.4 is 5.32 Å². The summed E-state index contributed by atoms with van der Waals surface area (Å²) in [6.45, 7) is 7.66. The van der Waals surface area contributed by atoms with Gasteiger partial charge in [-0.1, -0.05) is 11.6 Å². The summed E-state index contributed by atoms with van der Waals surface area (Å²) < 4.78 is 2.06. The number of likely N-dealkylation sites (N-methyl/N-ethyl adjacent to an activating group) is 1. The lowest BCUT2D eigenvalue weighted by molar-refractivity contribution is 0.273. The van der Waals surface area contributed by atoms with E-state index < -0.39 is 0 Å². The highest BCUT2D eigenvalue weighted by molar-refractivity contribution is 6.30. The Morgan fingerprint density at radius 2 is 2.08 bits per heavy atom. The Hall–Kier alpha value is -1.24. The maximum atomic E-state index is 6.07. The first-order valence-electron chi connectivity index (χ1n) is 9.13. The van der Waals surface area contributed by atoms with Crippen LogP contribution in [0.4, 0.5) is 0 Å². The van der Waals surface area contributed by atoms with Crippen molar-refractivity contribution < 1.29 is 0 Å². The van der Waals surface area contributed by atoms with Crippen LogP contribution in [0.1, 0.15) is 18.5 Å². The van der Waals surface area contributed by atoms with Gasteiger partial charge in [0.15, 0.2) is 5.96 Å². The molecule has 1 aliphatic rings. The van der Waals surface area contributed by atoms with Gasteiger partial charge in [-0.2, -0.15) is 0 Å². The third-order valence-corrected chi connectivity index (χ3v) is 5.00. The summed E-state index contributed by atoms with van der Waals surface area (Å²) in [7, 11) is 8.12. The van der Waals surface area contributed by atoms with Gasteiger partial charge in [-0.3, -0.25) is 4.99 Å². The summed E-state index contributed by atoms with van der Waals surface area (Å²) in [6.07, 6.45) is 4.33. The van der Waals surface area contributed by atoms with Crippen LogP contribution in [0, 0.1) is 0 Å². The number of guanidine groups is 1. The van der Waals surface area contributed by atoms with Crippen LogP contribution in [0.25, 0.3) is 0 Å². The van der Waals surface area contributed by atoms with E-state index in [0.717, 1.165) is 37.0 Å². The summed E-state index contributed by atoms with van der Waals surface area (Å²) >= 11 is 6.07. The molecule has 0 spiro atoms. The lowest BCUT2D eigenvalue weighted by Gasteiger charge is -2.23. The van der Waals surface area contributed by atoms with Crippen molar-refractivity contribution in [1.29, 1.82) is 0 Å². The van der Waals surface area contributed by atoms with Crippen molar-refractivity contribution in [2.45, 2.75) is 19.4 Å². The largest absolute Gasteiger partial charge is 0.356 e. The molecule has 2 rings (SSSR count). The number of halogens is 1. The zero-order valence-electron chi connectivity index (χ0n) is 16.1. The van der Waals surface area contributed by atoms with Gasteiger partial charge in [0.1, 0.15) is 0 Å². The van der Waals surface area contributed by atoms with Crippen molar-refractivity contribution >= 4 is 17.6 Å². The monoisotopic (exact) mass is 368 g/mol. The Balaban J connectivity index is 1.71. The van der Waals surface area contributed by atoms with E-state index in [2.05, 4.69) is 43.7 Å². The molecule has 0 amide bonds. The summed E-state index contributed by atoms with van der Waals surface area (Å²) in [4.78, 5) is 11.5. The van der Waals surface area contributed by atoms with Gasteiger partial charge in [0.2, 0.25) is 0 Å². The molecule has 1 saturated heterocycles. The van der Waals surface area contributed by atoms with E-state index in [0.29, 0.717) is 0 Å². The molecule has 142 valence electrons. The number of nitrogens with zero attached hydrogens (tertiary/aromatic N) is 5. The van der Waals surface area contributed by atoms with Gasteiger partial charge >= 0.3 is 0 Å². The molecule has 6 nitrogen and oxygen atoms in total. The Kier molecular flexibility index (Phi) is 8.06. The Bertz CT molecular complexity index is 556. The fourth-order valence-corrected chi connectivity index (χ4v) is 3.52. The molecular formula is C18H33ClN6. The standard InChI is InChI=1S/C18H33ClN6/c1-20-18(24(4)15-17-13-16(19)14-23(17)3)21-7-5-9-25-10-6-8-22(2)11-12-25/h13-14H,5-12,15H2,1-4H3,(H,20,21). The average Bonchev–Trinajstić information content (AvgIpc) is 2.76. The minimum Gasteiger partial charge on any atom is -0.356 e. The SMILES string of the molecule is CN=C(NCCCN1CCCN(C)CC1)N(C)Cc1cc(Cl)cn1C. The van der Waals surface area contributed by atoms with Crippen LogP contribution >= 0.6 is 11.6 Å². The molecule has 0 aromatic carbocycles. The van der Waals surface area contributed by atoms with Gasteiger partial charge in [-0.25, -0.2) is 0 Å². The average molecular weight is 369 g/mol. The van der Waals surface area contributed by atoms with Gasteiger partial charge in [0.25, 0.3) is 0 Å². The van der Waals surface area contributed by atoms with Gasteiger partial charge < -0.3 is 24.6 Å². The fourth-order valence-electron chi connectivity index (χ4n) is 3.25. The van der Waals surface area contributed by atoms with E-state index in [1.807, 2.05) is 26.4 Å². The number of hydrogen-bond acceptors (Lipinski definition) is 3. The Labute approximate surface area is 157 Å². The summed E-state index contributed by atoms with van der Waals surface area (Å²) in [5, 5.41) is 4.25. The molecule has 1 aromatic rings. The second-order valence-corrected chi connectivity index (χ2v) is 7.38. The van der Waals surface area contributed by atoms with E-state index in [9.17, 15) is 0 Å². The van der Waals surface area contributed by atoms with Gasteiger partial charge in [-0.15, -0.1) is 0 Å². The van der Waals surface area contributed by atoms with Crippen molar-refractivity contribution in [3.05, 3.63) is 23.0 Å². The molecule has 0 unspecified atom stereocenters. The molecule has 0 bridgehead atoms. The first-order valence-corrected chi connectivity index (χ1v) is 9.51. The summed E-state index contributed by atoms with van der Waals surface area (Å²) in [5.41, 5.74) is 1.17. The number of aromatic nitrogens is 1. The predicted molar refractivity (Wildman–Crippen MR) is 106 cm³/mol. The van der Waals surface area contributed by atoms with Gasteiger partial charge in [-0.05, 0) is 45.6 Å². The van der Waals surface area contributed by atoms with Crippen molar-refractivity contribution in [1.82, 2.24) is 24.6 Å². The molecule has 0 atom stereocenters. The van der Waals surface area contributed by atoms with E-state index in [1.165, 1.54) is 38.3 Å². The first kappa shape index (κ1) is 20.1. The first-order chi connectivity index (χ1) is 12.0. The molecule has 7 heteroatoms. The van der Waals surface area contributed by atoms with Crippen molar-refractivity contribution in [2.75, 3.05) is 60.4 Å². The minimum absolute atomic E-state index is 0.775. The molecule has 1 fully saturated rings. The third-order valence-electron chi connectivity index (χ3n) is 4.79. The number of aliphatic imine (C=N–C) groups is 1. The maximum Gasteiger partial charge on any atom is 0.193 e. The zero-order chi connectivity index (χ0) is 18.2. The number of nitrogens with one attached hydrogen (secondary N) is 1. The summed E-state index contributed by atoms with van der Waals surface area (Å²) in [6, 6.07) is 2.00. The van der Waals surface area contributed by atoms with Crippen LogP contribution in [-0.4, -0.2) is 85.6 Å². The normalized spacial score (nSPS) is 17.6. The highest BCUT2D eigenvalue weighted by Crippen LogP contribution is 2.14. The fraction of sp³-hybridized carbons (Fsp3) is 0.722. The van der Waals surface area contributed by atoms with Crippen LogP contribution in [0.15, 0.2) is 17.3 Å². The highest BCUT2D eigenvalue weighted by Gasteiger charge is 2.12. The van der Waals surface area contributed by atoms with Crippen LogP contribution in [0.2, 0.25) is 5.02 Å². The van der Waals surface area contributed by atoms with Crippen LogP contribution in [0.3, 0.4) is 0 Å². The molecule has 25 heavy (non-hydrogen) atoms. The van der Waals surface area contributed by atoms with E-state index in [-0.39, 0.29) is 0 Å². The van der Waals surface area contributed by atoms with E-state index >= 15 is 0 Å². The van der Waals surface area contributed by atoms with Crippen molar-refractivity contribution in [3.8, 4) is 0 Å². The molecule has 1 aromatic heterocycles. The van der Waals surface area contributed by atoms with Gasteiger partial charge in [0, 0.05) is 52.7 Å². The quantitative estimate of drug-likeness (QED) is 0.471. The van der Waals surface area contributed by atoms with Crippen LogP contribution in [0.5, 0.6) is 0 Å². The summed E-state index contributed by atoms with van der Waals surface area (Å²) in [5.74, 6) is 0.924. The van der Waals surface area contributed by atoms with Gasteiger partial charge in [0.05, 0.1) is 11.6 Å². The maximum absolute atomic E-state index is 6.07. The number of aryl methyl sites for hydroxylation is 1. The predicted octanol–water partition coefficient (Wildman–Crippen LogP) is 1.71. The lowest BCUT2D eigenvalue weighted by Crippen LogP contribution is -2.40. The Morgan fingerprint density at radius 3 is 2.76 bits per heavy atom. The molecule has 0 saturated carbocycles. The molecule has 0 aliphatic carbocycles. The zero-order valence-corrected chi connectivity index (χ0v) is 16.9. The van der Waals surface area contributed by atoms with E-state index in [1.54, 1.807) is 0 Å². The van der Waals surface area contributed by atoms with Crippen molar-refractivity contribution in [3.63, 3.8) is 0 Å². The molecule has 1 N–H and O–H groups in total. The number of hydrogen-bond donors (Lipinski definition) is 1. The second kappa shape index (κ2) is 10.0. The number of rotatable bonds is 6. The third kappa shape index (κ3) is 6.53. The molecule has 0 radical (unpaired) electrons. The Morgan fingerprint density at radius 1 is 1.28 bits per heavy atom. The lowest BCUT2D eigenvalue weighted by atomic mass is 10.3. The molecule has 2 heterocycles. The van der Waals surface area contributed by atoms with E-state index in [4.69, 9.17) is 11.6 Å². The topological polar surface area (TPSA) is 39.0 Å². The van der Waals surface area contributed by atoms with Crippen LogP contribution in [-0.2, 0) is 13.6 Å². The highest BCUT2D eigenvalue weighted by atomic mass is 35.5.